The molecule has 3 aromatic rings. The summed E-state index contributed by atoms with van der Waals surface area (Å²) in [5.41, 5.74) is 2.00. The number of furan rings is 1. The summed E-state index contributed by atoms with van der Waals surface area (Å²) in [6.45, 7) is 2.01. The smallest absolute Gasteiger partial charge is 0.131 e. The van der Waals surface area contributed by atoms with Crippen LogP contribution >= 0.6 is 38.9 Å². The van der Waals surface area contributed by atoms with Gasteiger partial charge in [0.25, 0.3) is 0 Å². The lowest BCUT2D eigenvalue weighted by Gasteiger charge is -2.17. The maximum absolute atomic E-state index is 6.06. The van der Waals surface area contributed by atoms with E-state index in [1.54, 1.807) is 12.5 Å². The molecule has 1 N–H and O–H groups in total. The molecule has 0 saturated heterocycles. The van der Waals surface area contributed by atoms with Gasteiger partial charge in [-0.1, -0.05) is 11.6 Å². The van der Waals surface area contributed by atoms with E-state index in [0.29, 0.717) is 0 Å². The van der Waals surface area contributed by atoms with Gasteiger partial charge in [-0.15, -0.1) is 11.3 Å². The third-order valence-electron chi connectivity index (χ3n) is 3.03. The Hall–Kier alpha value is -1.30. The van der Waals surface area contributed by atoms with Gasteiger partial charge in [0.1, 0.15) is 16.4 Å². The molecule has 0 radical (unpaired) electrons. The molecule has 1 atom stereocenters. The van der Waals surface area contributed by atoms with Gasteiger partial charge in [0.15, 0.2) is 0 Å². The summed E-state index contributed by atoms with van der Waals surface area (Å²) >= 11 is 11.0. The summed E-state index contributed by atoms with van der Waals surface area (Å²) in [6, 6.07) is 9.69. The molecule has 0 fully saturated rings. The van der Waals surface area contributed by atoms with Gasteiger partial charge in [0, 0.05) is 4.88 Å². The summed E-state index contributed by atoms with van der Waals surface area (Å²) < 4.78 is 7.16. The predicted molar refractivity (Wildman–Crippen MR) is 90.2 cm³/mol. The number of hydrogen-bond acceptors (Lipinski definition) is 4. The number of pyridine rings is 1. The van der Waals surface area contributed by atoms with Crippen LogP contribution in [-0.4, -0.2) is 4.98 Å². The Morgan fingerprint density at radius 2 is 2.24 bits per heavy atom. The molecule has 0 aromatic carbocycles. The van der Waals surface area contributed by atoms with Crippen LogP contribution in [0.15, 0.2) is 51.8 Å². The summed E-state index contributed by atoms with van der Waals surface area (Å²) in [7, 11) is 0. The van der Waals surface area contributed by atoms with Crippen LogP contribution in [0.3, 0.4) is 0 Å². The average Bonchev–Trinajstić information content (AvgIpc) is 3.11. The second kappa shape index (κ2) is 6.22. The zero-order chi connectivity index (χ0) is 14.8. The van der Waals surface area contributed by atoms with Crippen molar-refractivity contribution >= 4 is 44.6 Å². The lowest BCUT2D eigenvalue weighted by atomic mass is 10.1. The van der Waals surface area contributed by atoms with Gasteiger partial charge in [0.05, 0.1) is 22.5 Å². The first-order chi connectivity index (χ1) is 10.1. The van der Waals surface area contributed by atoms with Crippen molar-refractivity contribution < 1.29 is 4.42 Å². The largest absolute Gasteiger partial charge is 0.467 e. The van der Waals surface area contributed by atoms with E-state index in [-0.39, 0.29) is 6.04 Å². The first-order valence-electron chi connectivity index (χ1n) is 6.31. The molecule has 1 unspecified atom stereocenters. The van der Waals surface area contributed by atoms with Crippen LogP contribution in [0.2, 0.25) is 4.34 Å². The van der Waals surface area contributed by atoms with E-state index in [1.807, 2.05) is 37.3 Å². The second-order valence-electron chi connectivity index (χ2n) is 4.57. The average molecular weight is 384 g/mol. The molecular formula is C15H12BrClN2OS. The van der Waals surface area contributed by atoms with E-state index in [2.05, 4.69) is 26.2 Å². The molecule has 0 bridgehead atoms. The molecule has 6 heteroatoms. The van der Waals surface area contributed by atoms with Gasteiger partial charge in [-0.3, -0.25) is 0 Å². The summed E-state index contributed by atoms with van der Waals surface area (Å²) in [5.74, 6) is 0.842. The SMILES string of the molecule is Cc1cc(NC(c2ccco2)c2ccc(Cl)s2)cnc1Br. The highest BCUT2D eigenvalue weighted by molar-refractivity contribution is 9.10. The van der Waals surface area contributed by atoms with Crippen molar-refractivity contribution in [1.82, 2.24) is 4.98 Å². The zero-order valence-corrected chi connectivity index (χ0v) is 14.3. The number of hydrogen-bond donors (Lipinski definition) is 1. The van der Waals surface area contributed by atoms with Gasteiger partial charge in [-0.2, -0.15) is 0 Å². The van der Waals surface area contributed by atoms with Crippen LogP contribution in [0.4, 0.5) is 5.69 Å². The molecule has 0 aliphatic carbocycles. The number of anilines is 1. The molecule has 0 saturated carbocycles. The molecular weight excluding hydrogens is 372 g/mol. The minimum atomic E-state index is -0.0834. The van der Waals surface area contributed by atoms with E-state index >= 15 is 0 Å². The molecule has 3 rings (SSSR count). The molecule has 3 nitrogen and oxygen atoms in total. The van der Waals surface area contributed by atoms with Crippen LogP contribution in [-0.2, 0) is 0 Å². The van der Waals surface area contributed by atoms with Crippen molar-refractivity contribution in [2.24, 2.45) is 0 Å². The monoisotopic (exact) mass is 382 g/mol. The molecule has 3 aromatic heterocycles. The van der Waals surface area contributed by atoms with E-state index in [9.17, 15) is 0 Å². The van der Waals surface area contributed by atoms with Crippen LogP contribution in [0.25, 0.3) is 0 Å². The fourth-order valence-electron chi connectivity index (χ4n) is 2.03. The number of nitrogens with one attached hydrogen (secondary N) is 1. The number of rotatable bonds is 4. The van der Waals surface area contributed by atoms with Crippen LogP contribution in [0.5, 0.6) is 0 Å². The molecule has 0 spiro atoms. The third kappa shape index (κ3) is 3.31. The quantitative estimate of drug-likeness (QED) is 0.591. The first-order valence-corrected chi connectivity index (χ1v) is 8.29. The maximum Gasteiger partial charge on any atom is 0.131 e. The van der Waals surface area contributed by atoms with Crippen LogP contribution < -0.4 is 5.32 Å². The maximum atomic E-state index is 6.06. The predicted octanol–water partition coefficient (Wildman–Crippen LogP) is 5.66. The van der Waals surface area contributed by atoms with Crippen LogP contribution in [0.1, 0.15) is 22.2 Å². The zero-order valence-electron chi connectivity index (χ0n) is 11.1. The Morgan fingerprint density at radius 1 is 1.38 bits per heavy atom. The normalized spacial score (nSPS) is 12.3. The summed E-state index contributed by atoms with van der Waals surface area (Å²) in [6.07, 6.45) is 3.46. The lowest BCUT2D eigenvalue weighted by Crippen LogP contribution is -2.10. The van der Waals surface area contributed by atoms with Crippen molar-refractivity contribution in [3.8, 4) is 0 Å². The topological polar surface area (TPSA) is 38.1 Å². The van der Waals surface area contributed by atoms with E-state index < -0.39 is 0 Å². The molecule has 21 heavy (non-hydrogen) atoms. The standard InChI is InChI=1S/C15H12BrClN2OS/c1-9-7-10(8-18-15(9)16)19-14(11-3-2-6-20-11)12-4-5-13(17)21-12/h2-8,14,19H,1H3. The van der Waals surface area contributed by atoms with Gasteiger partial charge in [-0.05, 0) is 58.7 Å². The molecule has 0 amide bonds. The molecule has 0 aliphatic rings. The number of aryl methyl sites for hydroxylation is 1. The Kier molecular flexibility index (Phi) is 4.33. The second-order valence-corrected chi connectivity index (χ2v) is 7.06. The summed E-state index contributed by atoms with van der Waals surface area (Å²) in [5, 5.41) is 3.45. The molecule has 3 heterocycles. The molecule has 108 valence electrons. The first kappa shape index (κ1) is 14.6. The third-order valence-corrected chi connectivity index (χ3v) is 5.16. The van der Waals surface area contributed by atoms with E-state index in [1.165, 1.54) is 11.3 Å². The Balaban J connectivity index is 1.94. The van der Waals surface area contributed by atoms with Crippen molar-refractivity contribution in [3.05, 3.63) is 67.9 Å². The number of thiophene rings is 1. The van der Waals surface area contributed by atoms with Gasteiger partial charge >= 0.3 is 0 Å². The Labute approximate surface area is 140 Å². The lowest BCUT2D eigenvalue weighted by molar-refractivity contribution is 0.500. The Morgan fingerprint density at radius 3 is 2.86 bits per heavy atom. The minimum absolute atomic E-state index is 0.0834. The van der Waals surface area contributed by atoms with Gasteiger partial charge in [-0.25, -0.2) is 4.98 Å². The highest BCUT2D eigenvalue weighted by Crippen LogP contribution is 2.34. The van der Waals surface area contributed by atoms with Crippen molar-refractivity contribution in [2.75, 3.05) is 5.32 Å². The van der Waals surface area contributed by atoms with Crippen LogP contribution in [0, 0.1) is 6.92 Å². The molecule has 0 aliphatic heterocycles. The van der Waals surface area contributed by atoms with Crippen molar-refractivity contribution in [1.29, 1.82) is 0 Å². The van der Waals surface area contributed by atoms with E-state index in [4.69, 9.17) is 16.0 Å². The fourth-order valence-corrected chi connectivity index (χ4v) is 3.36. The van der Waals surface area contributed by atoms with E-state index in [0.717, 1.165) is 30.8 Å². The van der Waals surface area contributed by atoms with Crippen molar-refractivity contribution in [2.45, 2.75) is 13.0 Å². The van der Waals surface area contributed by atoms with Crippen molar-refractivity contribution in [3.63, 3.8) is 0 Å². The fraction of sp³-hybridized carbons (Fsp3) is 0.133. The Bertz CT molecular complexity index is 742. The van der Waals surface area contributed by atoms with Gasteiger partial charge in [0.2, 0.25) is 0 Å². The highest BCUT2D eigenvalue weighted by atomic mass is 79.9. The minimum Gasteiger partial charge on any atom is -0.467 e. The van der Waals surface area contributed by atoms with Gasteiger partial charge < -0.3 is 9.73 Å². The highest BCUT2D eigenvalue weighted by Gasteiger charge is 2.19. The number of halogens is 2. The summed E-state index contributed by atoms with van der Waals surface area (Å²) in [4.78, 5) is 5.41. The number of aromatic nitrogens is 1. The number of nitrogens with zero attached hydrogens (tertiary/aromatic N) is 1.